The first-order valence-electron chi connectivity index (χ1n) is 6.13. The monoisotopic (exact) mass is 269 g/mol. The minimum absolute atomic E-state index is 0.620. The zero-order valence-electron chi connectivity index (χ0n) is 11.9. The molecule has 0 saturated heterocycles. The molecule has 3 nitrogen and oxygen atoms in total. The second-order valence-corrected chi connectivity index (χ2v) is 10.4. The lowest BCUT2D eigenvalue weighted by atomic mass is 10.2. The predicted molar refractivity (Wildman–Crippen MR) is 84.9 cm³/mol. The molecule has 4 heteroatoms. The van der Waals surface area contributed by atoms with E-state index in [2.05, 4.69) is 42.0 Å². The highest BCUT2D eigenvalue weighted by Crippen LogP contribution is 2.23. The molecule has 1 rings (SSSR count). The molecule has 0 fully saturated rings. The summed E-state index contributed by atoms with van der Waals surface area (Å²) in [5, 5.41) is 4.88. The third-order valence-corrected chi connectivity index (χ3v) is 4.71. The molecular formula is C15H19N3Si. The maximum atomic E-state index is 8.55. The molecule has 1 aromatic carbocycles. The molecule has 0 aliphatic rings. The number of allylic oxidation sites excluding steroid dienone is 2. The van der Waals surface area contributed by atoms with Crippen molar-refractivity contribution >= 4 is 19.8 Å². The summed E-state index contributed by atoms with van der Waals surface area (Å²) < 4.78 is 0. The lowest BCUT2D eigenvalue weighted by Gasteiger charge is -2.18. The molecule has 19 heavy (non-hydrogen) atoms. The Morgan fingerprint density at radius 3 is 2.53 bits per heavy atom. The van der Waals surface area contributed by atoms with Gasteiger partial charge in [-0.25, -0.2) is 0 Å². The summed E-state index contributed by atoms with van der Waals surface area (Å²) in [6.07, 6.45) is 1.88. The number of rotatable bonds is 4. The van der Waals surface area contributed by atoms with Crippen molar-refractivity contribution in [1.82, 2.24) is 0 Å². The van der Waals surface area contributed by atoms with Crippen molar-refractivity contribution < 1.29 is 0 Å². The Hall–Kier alpha value is -1.99. The van der Waals surface area contributed by atoms with Crippen molar-refractivity contribution in [2.24, 2.45) is 5.11 Å². The van der Waals surface area contributed by atoms with Crippen LogP contribution in [0.3, 0.4) is 0 Å². The van der Waals surface area contributed by atoms with Crippen LogP contribution in [0.1, 0.15) is 12.5 Å². The molecule has 0 unspecified atom stereocenters. The van der Waals surface area contributed by atoms with E-state index in [9.17, 15) is 0 Å². The van der Waals surface area contributed by atoms with Gasteiger partial charge in [-0.1, -0.05) is 61.2 Å². The highest BCUT2D eigenvalue weighted by molar-refractivity contribution is 6.83. The van der Waals surface area contributed by atoms with Gasteiger partial charge in [0.2, 0.25) is 0 Å². The highest BCUT2D eigenvalue weighted by atomic mass is 28.3. The van der Waals surface area contributed by atoms with Crippen molar-refractivity contribution in [3.63, 3.8) is 0 Å². The molecule has 0 aliphatic carbocycles. The molecule has 0 atom stereocenters. The molecular weight excluding hydrogens is 250 g/mol. The molecule has 1 aromatic rings. The van der Waals surface area contributed by atoms with E-state index in [-0.39, 0.29) is 0 Å². The predicted octanol–water partition coefficient (Wildman–Crippen LogP) is 5.62. The van der Waals surface area contributed by atoms with Crippen molar-refractivity contribution in [3.05, 3.63) is 63.4 Å². The van der Waals surface area contributed by atoms with Crippen LogP contribution in [-0.2, 0) is 0 Å². The fourth-order valence-corrected chi connectivity index (χ4v) is 3.66. The van der Waals surface area contributed by atoms with Gasteiger partial charge in [0.15, 0.2) is 0 Å². The van der Waals surface area contributed by atoms with Crippen LogP contribution in [0.2, 0.25) is 19.6 Å². The van der Waals surface area contributed by atoms with Gasteiger partial charge in [-0.2, -0.15) is 0 Å². The summed E-state index contributed by atoms with van der Waals surface area (Å²) in [6.45, 7) is 12.8. The fourth-order valence-electron chi connectivity index (χ4n) is 1.88. The minimum Gasteiger partial charge on any atom is -0.121 e. The third-order valence-electron chi connectivity index (χ3n) is 2.64. The normalized spacial score (nSPS) is 10.1. The third kappa shape index (κ3) is 4.31. The lowest BCUT2D eigenvalue weighted by Crippen LogP contribution is -2.23. The lowest BCUT2D eigenvalue weighted by molar-refractivity contribution is 1.45. The van der Waals surface area contributed by atoms with Gasteiger partial charge in [-0.3, -0.25) is 0 Å². The van der Waals surface area contributed by atoms with Crippen LogP contribution in [0.5, 0.6) is 0 Å². The summed E-state index contributed by atoms with van der Waals surface area (Å²) in [4.78, 5) is 2.84. The standard InChI is InChI=1S/C15H19N3Si/c1-12(2)15(19(3,4)5)11-10-13-8-6-7-9-14(13)17-18-16/h6-10H,1H2,2-5H3. The molecule has 0 aliphatic heterocycles. The van der Waals surface area contributed by atoms with Crippen LogP contribution in [0.15, 0.2) is 52.5 Å². The van der Waals surface area contributed by atoms with Gasteiger partial charge < -0.3 is 0 Å². The van der Waals surface area contributed by atoms with E-state index in [1.165, 1.54) is 5.20 Å². The molecule has 0 amide bonds. The second-order valence-electron chi connectivity index (χ2n) is 5.44. The Kier molecular flexibility index (Phi) is 4.96. The van der Waals surface area contributed by atoms with Crippen molar-refractivity contribution in [1.29, 1.82) is 0 Å². The molecule has 98 valence electrons. The molecule has 0 spiro atoms. The van der Waals surface area contributed by atoms with Gasteiger partial charge >= 0.3 is 0 Å². The Balaban J connectivity index is 3.37. The SMILES string of the molecule is C=C(C)C(=C=Cc1ccccc1N=[N+]=[N-])[Si](C)(C)C. The number of azide groups is 1. The summed E-state index contributed by atoms with van der Waals surface area (Å²) in [5.74, 6) is 0. The van der Waals surface area contributed by atoms with Gasteiger partial charge in [0.25, 0.3) is 0 Å². The zero-order valence-corrected chi connectivity index (χ0v) is 12.9. The van der Waals surface area contributed by atoms with Crippen molar-refractivity contribution in [2.45, 2.75) is 26.6 Å². The van der Waals surface area contributed by atoms with Crippen molar-refractivity contribution in [3.8, 4) is 0 Å². The average Bonchev–Trinajstić information content (AvgIpc) is 2.29. The smallest absolute Gasteiger partial charge is 0.0878 e. The van der Waals surface area contributed by atoms with Crippen LogP contribution in [-0.4, -0.2) is 8.07 Å². The van der Waals surface area contributed by atoms with E-state index in [0.29, 0.717) is 5.69 Å². The Morgan fingerprint density at radius 1 is 1.37 bits per heavy atom. The highest BCUT2D eigenvalue weighted by Gasteiger charge is 2.19. The molecule has 0 radical (unpaired) electrons. The van der Waals surface area contributed by atoms with Gasteiger partial charge in [-0.05, 0) is 29.3 Å². The molecule has 0 bridgehead atoms. The second kappa shape index (κ2) is 6.25. The zero-order chi connectivity index (χ0) is 14.5. The maximum absolute atomic E-state index is 8.55. The van der Waals surface area contributed by atoms with Gasteiger partial charge in [-0.15, -0.1) is 5.73 Å². The first-order chi connectivity index (χ1) is 8.86. The van der Waals surface area contributed by atoms with Crippen molar-refractivity contribution in [2.75, 3.05) is 0 Å². The van der Waals surface area contributed by atoms with E-state index in [4.69, 9.17) is 5.53 Å². The van der Waals surface area contributed by atoms with Gasteiger partial charge in [0, 0.05) is 10.6 Å². The average molecular weight is 269 g/mol. The Labute approximate surface area is 115 Å². The summed E-state index contributed by atoms with van der Waals surface area (Å²) >= 11 is 0. The Morgan fingerprint density at radius 2 is 2.00 bits per heavy atom. The van der Waals surface area contributed by atoms with E-state index < -0.39 is 8.07 Å². The minimum atomic E-state index is -1.47. The number of hydrogen-bond acceptors (Lipinski definition) is 1. The summed E-state index contributed by atoms with van der Waals surface area (Å²) in [6, 6.07) is 7.47. The fraction of sp³-hybridized carbons (Fsp3) is 0.267. The van der Waals surface area contributed by atoms with E-state index in [1.54, 1.807) is 6.07 Å². The number of benzene rings is 1. The van der Waals surface area contributed by atoms with E-state index in [0.717, 1.165) is 11.1 Å². The maximum Gasteiger partial charge on any atom is 0.0878 e. The van der Waals surface area contributed by atoms with Crippen LogP contribution in [0.4, 0.5) is 5.69 Å². The molecule has 0 saturated carbocycles. The topological polar surface area (TPSA) is 48.8 Å². The Bertz CT molecular complexity index is 596. The molecule has 0 aromatic heterocycles. The number of hydrogen-bond donors (Lipinski definition) is 0. The summed E-state index contributed by atoms with van der Waals surface area (Å²) in [5.41, 5.74) is 14.4. The summed E-state index contributed by atoms with van der Waals surface area (Å²) in [7, 11) is -1.47. The van der Waals surface area contributed by atoms with Crippen LogP contribution >= 0.6 is 0 Å². The van der Waals surface area contributed by atoms with Crippen LogP contribution in [0, 0.1) is 0 Å². The molecule has 0 N–H and O–H groups in total. The van der Waals surface area contributed by atoms with E-state index >= 15 is 0 Å². The van der Waals surface area contributed by atoms with Crippen LogP contribution < -0.4 is 0 Å². The van der Waals surface area contributed by atoms with Gasteiger partial charge in [0.1, 0.15) is 0 Å². The van der Waals surface area contributed by atoms with Crippen LogP contribution in [0.25, 0.3) is 16.5 Å². The molecule has 0 heterocycles. The quantitative estimate of drug-likeness (QED) is 0.170. The number of nitrogens with zero attached hydrogens (tertiary/aromatic N) is 3. The largest absolute Gasteiger partial charge is 0.121 e. The van der Waals surface area contributed by atoms with Gasteiger partial charge in [0.05, 0.1) is 8.07 Å². The van der Waals surface area contributed by atoms with E-state index in [1.807, 2.05) is 31.2 Å². The first kappa shape index (κ1) is 15.1. The first-order valence-corrected chi connectivity index (χ1v) is 9.63.